The molecule has 20 heavy (non-hydrogen) atoms. The van der Waals surface area contributed by atoms with Crippen molar-refractivity contribution < 1.29 is 12.8 Å². The quantitative estimate of drug-likeness (QED) is 0.927. The number of sulfone groups is 1. The SMILES string of the molecule is O=S1(=O)CCC(Nc2ccc(-c3nnco3)cc2)CC1. The number of benzene rings is 1. The van der Waals surface area contributed by atoms with E-state index in [2.05, 4.69) is 15.5 Å². The summed E-state index contributed by atoms with van der Waals surface area (Å²) in [6, 6.07) is 7.88. The highest BCUT2D eigenvalue weighted by Gasteiger charge is 2.23. The van der Waals surface area contributed by atoms with Crippen molar-refractivity contribution in [1.82, 2.24) is 10.2 Å². The molecule has 1 aromatic heterocycles. The van der Waals surface area contributed by atoms with Crippen molar-refractivity contribution >= 4 is 15.5 Å². The van der Waals surface area contributed by atoms with Gasteiger partial charge in [0.1, 0.15) is 9.84 Å². The highest BCUT2D eigenvalue weighted by atomic mass is 32.2. The van der Waals surface area contributed by atoms with Gasteiger partial charge in [0.15, 0.2) is 0 Å². The van der Waals surface area contributed by atoms with E-state index in [1.54, 1.807) is 0 Å². The zero-order valence-electron chi connectivity index (χ0n) is 10.8. The molecule has 1 aliphatic heterocycles. The zero-order chi connectivity index (χ0) is 14.0. The number of anilines is 1. The van der Waals surface area contributed by atoms with Crippen LogP contribution in [-0.4, -0.2) is 36.2 Å². The van der Waals surface area contributed by atoms with E-state index in [-0.39, 0.29) is 17.5 Å². The van der Waals surface area contributed by atoms with Crippen LogP contribution in [0.2, 0.25) is 0 Å². The highest BCUT2D eigenvalue weighted by Crippen LogP contribution is 2.21. The summed E-state index contributed by atoms with van der Waals surface area (Å²) >= 11 is 0. The van der Waals surface area contributed by atoms with Crippen LogP contribution in [0.15, 0.2) is 35.1 Å². The molecule has 1 N–H and O–H groups in total. The van der Waals surface area contributed by atoms with Gasteiger partial charge in [-0.2, -0.15) is 0 Å². The molecule has 0 aliphatic carbocycles. The van der Waals surface area contributed by atoms with Crippen LogP contribution in [0, 0.1) is 0 Å². The monoisotopic (exact) mass is 293 g/mol. The Morgan fingerprint density at radius 2 is 1.85 bits per heavy atom. The Morgan fingerprint density at radius 1 is 1.15 bits per heavy atom. The van der Waals surface area contributed by atoms with E-state index in [4.69, 9.17) is 4.42 Å². The number of nitrogens with zero attached hydrogens (tertiary/aromatic N) is 2. The minimum atomic E-state index is -2.81. The van der Waals surface area contributed by atoms with Gasteiger partial charge in [0, 0.05) is 17.3 Å². The van der Waals surface area contributed by atoms with Crippen LogP contribution in [0.4, 0.5) is 5.69 Å². The van der Waals surface area contributed by atoms with E-state index in [1.807, 2.05) is 24.3 Å². The highest BCUT2D eigenvalue weighted by molar-refractivity contribution is 7.91. The van der Waals surface area contributed by atoms with E-state index >= 15 is 0 Å². The van der Waals surface area contributed by atoms with Gasteiger partial charge in [-0.15, -0.1) is 10.2 Å². The van der Waals surface area contributed by atoms with Crippen molar-refractivity contribution in [3.05, 3.63) is 30.7 Å². The lowest BCUT2D eigenvalue weighted by atomic mass is 10.1. The fraction of sp³-hybridized carbons (Fsp3) is 0.385. The molecule has 2 heterocycles. The lowest BCUT2D eigenvalue weighted by Gasteiger charge is -2.24. The Balaban J connectivity index is 1.64. The standard InChI is InChI=1S/C13H15N3O3S/c17-20(18)7-5-12(6-8-20)15-11-3-1-10(2-4-11)13-16-14-9-19-13/h1-4,9,12,15H,5-8H2. The van der Waals surface area contributed by atoms with Gasteiger partial charge in [-0.3, -0.25) is 0 Å². The average Bonchev–Trinajstić information content (AvgIpc) is 2.96. The molecular weight excluding hydrogens is 278 g/mol. The maximum Gasteiger partial charge on any atom is 0.247 e. The first kappa shape index (κ1) is 13.1. The van der Waals surface area contributed by atoms with Crippen LogP contribution in [-0.2, 0) is 9.84 Å². The molecule has 7 heteroatoms. The fourth-order valence-corrected chi connectivity index (χ4v) is 3.77. The number of nitrogens with one attached hydrogen (secondary N) is 1. The maximum atomic E-state index is 11.4. The first-order valence-electron chi connectivity index (χ1n) is 6.46. The first-order valence-corrected chi connectivity index (χ1v) is 8.28. The first-order chi connectivity index (χ1) is 9.62. The second-order valence-electron chi connectivity index (χ2n) is 4.89. The van der Waals surface area contributed by atoms with Crippen molar-refractivity contribution in [3.63, 3.8) is 0 Å². The van der Waals surface area contributed by atoms with Crippen LogP contribution < -0.4 is 5.32 Å². The predicted octanol–water partition coefficient (Wildman–Crippen LogP) is 1.73. The molecule has 1 aliphatic rings. The Kier molecular flexibility index (Phi) is 3.43. The Hall–Kier alpha value is -1.89. The molecule has 0 bridgehead atoms. The van der Waals surface area contributed by atoms with Gasteiger partial charge in [0.05, 0.1) is 11.5 Å². The molecule has 1 fully saturated rings. The molecule has 106 valence electrons. The third-order valence-corrected chi connectivity index (χ3v) is 5.13. The Labute approximate surface area is 117 Å². The summed E-state index contributed by atoms with van der Waals surface area (Å²) in [7, 11) is -2.81. The number of rotatable bonds is 3. The van der Waals surface area contributed by atoms with E-state index in [0.717, 1.165) is 11.3 Å². The molecule has 3 rings (SSSR count). The largest absolute Gasteiger partial charge is 0.423 e. The van der Waals surface area contributed by atoms with E-state index in [1.165, 1.54) is 6.39 Å². The molecule has 1 aromatic carbocycles. The number of hydrogen-bond acceptors (Lipinski definition) is 6. The Bertz CT molecular complexity index is 651. The molecule has 0 radical (unpaired) electrons. The Morgan fingerprint density at radius 3 is 2.45 bits per heavy atom. The number of aromatic nitrogens is 2. The normalized spacial score (nSPS) is 18.8. The summed E-state index contributed by atoms with van der Waals surface area (Å²) in [5.74, 6) is 1.02. The van der Waals surface area contributed by atoms with Gasteiger partial charge in [-0.1, -0.05) is 0 Å². The minimum Gasteiger partial charge on any atom is -0.423 e. The molecule has 0 saturated carbocycles. The average molecular weight is 293 g/mol. The van der Waals surface area contributed by atoms with Crippen molar-refractivity contribution in [1.29, 1.82) is 0 Å². The molecule has 1 saturated heterocycles. The third kappa shape index (κ3) is 2.98. The molecule has 0 spiro atoms. The second kappa shape index (κ2) is 5.24. The van der Waals surface area contributed by atoms with Crippen molar-refractivity contribution in [2.75, 3.05) is 16.8 Å². The predicted molar refractivity (Wildman–Crippen MR) is 75.0 cm³/mol. The van der Waals surface area contributed by atoms with E-state index in [9.17, 15) is 8.42 Å². The maximum absolute atomic E-state index is 11.4. The lowest BCUT2D eigenvalue weighted by molar-refractivity contribution is 0.559. The molecule has 0 amide bonds. The summed E-state index contributed by atoms with van der Waals surface area (Å²) in [5, 5.41) is 10.8. The van der Waals surface area contributed by atoms with Crippen LogP contribution in [0.5, 0.6) is 0 Å². The molecule has 0 unspecified atom stereocenters. The fourth-order valence-electron chi connectivity index (χ4n) is 2.28. The van der Waals surface area contributed by atoms with Gasteiger partial charge >= 0.3 is 0 Å². The van der Waals surface area contributed by atoms with Crippen LogP contribution in [0.25, 0.3) is 11.5 Å². The van der Waals surface area contributed by atoms with E-state index < -0.39 is 9.84 Å². The minimum absolute atomic E-state index is 0.216. The van der Waals surface area contributed by atoms with Crippen LogP contribution >= 0.6 is 0 Å². The van der Waals surface area contributed by atoms with Crippen molar-refractivity contribution in [3.8, 4) is 11.5 Å². The topological polar surface area (TPSA) is 85.1 Å². The van der Waals surface area contributed by atoms with Crippen LogP contribution in [0.1, 0.15) is 12.8 Å². The third-order valence-electron chi connectivity index (χ3n) is 3.42. The van der Waals surface area contributed by atoms with Crippen molar-refractivity contribution in [2.24, 2.45) is 0 Å². The zero-order valence-corrected chi connectivity index (χ0v) is 11.6. The lowest BCUT2D eigenvalue weighted by Crippen LogP contribution is -2.32. The van der Waals surface area contributed by atoms with Crippen LogP contribution in [0.3, 0.4) is 0 Å². The van der Waals surface area contributed by atoms with Gasteiger partial charge in [-0.05, 0) is 37.1 Å². The summed E-state index contributed by atoms with van der Waals surface area (Å²) in [6.45, 7) is 0. The summed E-state index contributed by atoms with van der Waals surface area (Å²) in [6.07, 6.45) is 2.62. The van der Waals surface area contributed by atoms with Gasteiger partial charge in [0.25, 0.3) is 0 Å². The van der Waals surface area contributed by atoms with Gasteiger partial charge in [0.2, 0.25) is 12.3 Å². The smallest absolute Gasteiger partial charge is 0.247 e. The molecular formula is C13H15N3O3S. The molecule has 6 nitrogen and oxygen atoms in total. The van der Waals surface area contributed by atoms with E-state index in [0.29, 0.717) is 18.7 Å². The summed E-state index contributed by atoms with van der Waals surface area (Å²) in [5.41, 5.74) is 1.83. The summed E-state index contributed by atoms with van der Waals surface area (Å²) in [4.78, 5) is 0. The molecule has 0 atom stereocenters. The van der Waals surface area contributed by atoms with Crippen molar-refractivity contribution in [2.45, 2.75) is 18.9 Å². The summed E-state index contributed by atoms with van der Waals surface area (Å²) < 4.78 is 27.9. The second-order valence-corrected chi connectivity index (χ2v) is 7.20. The molecule has 2 aromatic rings. The van der Waals surface area contributed by atoms with Gasteiger partial charge in [-0.25, -0.2) is 8.42 Å². The number of hydrogen-bond donors (Lipinski definition) is 1. The van der Waals surface area contributed by atoms with Gasteiger partial charge < -0.3 is 9.73 Å².